The van der Waals surface area contributed by atoms with E-state index in [9.17, 15) is 9.18 Å². The Morgan fingerprint density at radius 1 is 1.14 bits per heavy atom. The van der Waals surface area contributed by atoms with Crippen LogP contribution in [-0.2, 0) is 13.1 Å². The highest BCUT2D eigenvalue weighted by molar-refractivity contribution is 5.96. The van der Waals surface area contributed by atoms with Crippen molar-refractivity contribution in [1.82, 2.24) is 14.7 Å². The lowest BCUT2D eigenvalue weighted by molar-refractivity contribution is 0.0783. The van der Waals surface area contributed by atoms with Gasteiger partial charge in [-0.15, -0.1) is 0 Å². The highest BCUT2D eigenvalue weighted by atomic mass is 19.1. The molecule has 0 radical (unpaired) electrons. The van der Waals surface area contributed by atoms with E-state index < -0.39 is 5.82 Å². The van der Waals surface area contributed by atoms with Gasteiger partial charge in [0.05, 0.1) is 24.9 Å². The zero-order chi connectivity index (χ0) is 20.3. The molecule has 0 spiro atoms. The number of methoxy groups -OCH3 is 1. The second kappa shape index (κ2) is 8.25. The third-order valence-electron chi connectivity index (χ3n) is 4.75. The van der Waals surface area contributed by atoms with E-state index in [4.69, 9.17) is 4.74 Å². The first-order valence-electron chi connectivity index (χ1n) is 9.06. The van der Waals surface area contributed by atoms with Crippen LogP contribution >= 0.6 is 0 Å². The van der Waals surface area contributed by atoms with E-state index in [0.717, 1.165) is 11.3 Å². The van der Waals surface area contributed by atoms with E-state index in [0.29, 0.717) is 29.9 Å². The fraction of sp³-hybridized carbons (Fsp3) is 0.273. The first-order valence-corrected chi connectivity index (χ1v) is 9.06. The molecule has 0 saturated heterocycles. The Morgan fingerprint density at radius 2 is 1.86 bits per heavy atom. The molecule has 1 amide bonds. The summed E-state index contributed by atoms with van der Waals surface area (Å²) >= 11 is 0. The molecule has 0 aliphatic rings. The van der Waals surface area contributed by atoms with Gasteiger partial charge in [0.25, 0.3) is 5.91 Å². The number of carbonyl (C=O) groups is 1. The molecule has 6 heteroatoms. The van der Waals surface area contributed by atoms with Crippen LogP contribution in [0.2, 0.25) is 0 Å². The maximum atomic E-state index is 13.9. The molecule has 0 aliphatic carbocycles. The van der Waals surface area contributed by atoms with Gasteiger partial charge in [0.1, 0.15) is 0 Å². The van der Waals surface area contributed by atoms with Crippen molar-refractivity contribution in [3.63, 3.8) is 0 Å². The van der Waals surface area contributed by atoms with Crippen molar-refractivity contribution in [3.8, 4) is 5.75 Å². The Hall–Kier alpha value is -3.15. The van der Waals surface area contributed by atoms with Crippen LogP contribution in [0.5, 0.6) is 5.75 Å². The van der Waals surface area contributed by atoms with E-state index in [-0.39, 0.29) is 11.7 Å². The molecule has 28 heavy (non-hydrogen) atoms. The van der Waals surface area contributed by atoms with Crippen molar-refractivity contribution in [3.05, 3.63) is 82.4 Å². The SMILES string of the molecule is COc1ccc(CN(C)C(=O)c2c(C)nn(Cc3ccccc3)c2C)cc1F. The van der Waals surface area contributed by atoms with Crippen LogP contribution < -0.4 is 4.74 Å². The van der Waals surface area contributed by atoms with Crippen LogP contribution in [0.25, 0.3) is 0 Å². The summed E-state index contributed by atoms with van der Waals surface area (Å²) in [5, 5.41) is 4.55. The lowest BCUT2D eigenvalue weighted by atomic mass is 10.1. The van der Waals surface area contributed by atoms with Crippen LogP contribution in [-0.4, -0.2) is 34.7 Å². The molecule has 3 aromatic rings. The summed E-state index contributed by atoms with van der Waals surface area (Å²) < 4.78 is 20.7. The summed E-state index contributed by atoms with van der Waals surface area (Å²) in [5.41, 5.74) is 3.91. The molecule has 1 aromatic heterocycles. The second-order valence-corrected chi connectivity index (χ2v) is 6.82. The van der Waals surface area contributed by atoms with Crippen molar-refractivity contribution in [2.45, 2.75) is 26.9 Å². The topological polar surface area (TPSA) is 47.4 Å². The molecule has 3 rings (SSSR count). The smallest absolute Gasteiger partial charge is 0.257 e. The number of nitrogens with zero attached hydrogens (tertiary/aromatic N) is 3. The Balaban J connectivity index is 1.79. The standard InChI is InChI=1S/C22H24FN3O2/c1-15-21(16(2)26(24-15)14-17-8-6-5-7-9-17)22(27)25(3)13-18-10-11-20(28-4)19(23)12-18/h5-12H,13-14H2,1-4H3. The molecule has 5 nitrogen and oxygen atoms in total. The van der Waals surface area contributed by atoms with Gasteiger partial charge < -0.3 is 9.64 Å². The van der Waals surface area contributed by atoms with Gasteiger partial charge in [-0.3, -0.25) is 9.48 Å². The molecule has 0 atom stereocenters. The molecule has 0 saturated carbocycles. The zero-order valence-corrected chi connectivity index (χ0v) is 16.6. The number of aryl methyl sites for hydroxylation is 1. The first kappa shape index (κ1) is 19.6. The summed E-state index contributed by atoms with van der Waals surface area (Å²) in [7, 11) is 3.13. The Labute approximate surface area is 164 Å². The Kier molecular flexibility index (Phi) is 5.78. The molecular weight excluding hydrogens is 357 g/mol. The summed E-state index contributed by atoms with van der Waals surface area (Å²) in [6.45, 7) is 4.64. The first-order chi connectivity index (χ1) is 13.4. The third-order valence-corrected chi connectivity index (χ3v) is 4.75. The number of aromatic nitrogens is 2. The van der Waals surface area contributed by atoms with Gasteiger partial charge in [-0.05, 0) is 37.1 Å². The number of amides is 1. The molecule has 2 aromatic carbocycles. The average molecular weight is 381 g/mol. The monoisotopic (exact) mass is 381 g/mol. The van der Waals surface area contributed by atoms with E-state index in [2.05, 4.69) is 5.10 Å². The number of ether oxygens (including phenoxy) is 1. The maximum absolute atomic E-state index is 13.9. The summed E-state index contributed by atoms with van der Waals surface area (Å²) in [6, 6.07) is 14.7. The lowest BCUT2D eigenvalue weighted by Crippen LogP contribution is -2.27. The number of rotatable bonds is 6. The van der Waals surface area contributed by atoms with E-state index >= 15 is 0 Å². The van der Waals surface area contributed by atoms with Gasteiger partial charge in [-0.25, -0.2) is 4.39 Å². The summed E-state index contributed by atoms with van der Waals surface area (Å²) in [5.74, 6) is -0.388. The molecule has 0 bridgehead atoms. The number of halogens is 1. The fourth-order valence-electron chi connectivity index (χ4n) is 3.26. The molecule has 146 valence electrons. The van der Waals surface area contributed by atoms with Crippen molar-refractivity contribution in [2.24, 2.45) is 0 Å². The molecule has 1 heterocycles. The minimum absolute atomic E-state index is 0.134. The number of carbonyl (C=O) groups excluding carboxylic acids is 1. The van der Waals surface area contributed by atoms with Gasteiger partial charge in [-0.2, -0.15) is 5.10 Å². The predicted octanol–water partition coefficient (Wildman–Crippen LogP) is 3.97. The minimum Gasteiger partial charge on any atom is -0.494 e. The number of benzene rings is 2. The van der Waals surface area contributed by atoms with Crippen LogP contribution in [0.1, 0.15) is 32.9 Å². The highest BCUT2D eigenvalue weighted by Gasteiger charge is 2.22. The second-order valence-electron chi connectivity index (χ2n) is 6.82. The van der Waals surface area contributed by atoms with E-state index in [1.807, 2.05) is 48.9 Å². The van der Waals surface area contributed by atoms with Gasteiger partial charge >= 0.3 is 0 Å². The molecular formula is C22H24FN3O2. The quantitative estimate of drug-likeness (QED) is 0.649. The van der Waals surface area contributed by atoms with E-state index in [1.54, 1.807) is 24.1 Å². The van der Waals surface area contributed by atoms with Crippen molar-refractivity contribution in [2.75, 3.05) is 14.2 Å². The number of hydrogen-bond acceptors (Lipinski definition) is 3. The van der Waals surface area contributed by atoms with Gasteiger partial charge in [0.2, 0.25) is 0 Å². The lowest BCUT2D eigenvalue weighted by Gasteiger charge is -2.18. The van der Waals surface area contributed by atoms with Crippen molar-refractivity contribution < 1.29 is 13.9 Å². The average Bonchev–Trinajstić information content (AvgIpc) is 2.95. The molecule has 0 fully saturated rings. The van der Waals surface area contributed by atoms with Crippen molar-refractivity contribution >= 4 is 5.91 Å². The molecule has 0 aliphatic heterocycles. The zero-order valence-electron chi connectivity index (χ0n) is 16.6. The van der Waals surface area contributed by atoms with Gasteiger partial charge in [0, 0.05) is 19.3 Å². The highest BCUT2D eigenvalue weighted by Crippen LogP contribution is 2.21. The number of hydrogen-bond donors (Lipinski definition) is 0. The summed E-state index contributed by atoms with van der Waals surface area (Å²) in [6.07, 6.45) is 0. The van der Waals surface area contributed by atoms with Crippen LogP contribution in [0.15, 0.2) is 48.5 Å². The largest absolute Gasteiger partial charge is 0.494 e. The van der Waals surface area contributed by atoms with Crippen LogP contribution in [0.4, 0.5) is 4.39 Å². The molecule has 0 N–H and O–H groups in total. The Morgan fingerprint density at radius 3 is 2.50 bits per heavy atom. The van der Waals surface area contributed by atoms with Crippen LogP contribution in [0, 0.1) is 19.7 Å². The predicted molar refractivity (Wildman–Crippen MR) is 106 cm³/mol. The van der Waals surface area contributed by atoms with Crippen LogP contribution in [0.3, 0.4) is 0 Å². The minimum atomic E-state index is -0.441. The van der Waals surface area contributed by atoms with Gasteiger partial charge in [0.15, 0.2) is 11.6 Å². The maximum Gasteiger partial charge on any atom is 0.257 e. The van der Waals surface area contributed by atoms with Gasteiger partial charge in [-0.1, -0.05) is 36.4 Å². The van der Waals surface area contributed by atoms with Crippen molar-refractivity contribution in [1.29, 1.82) is 0 Å². The fourth-order valence-corrected chi connectivity index (χ4v) is 3.26. The summed E-state index contributed by atoms with van der Waals surface area (Å²) in [4.78, 5) is 14.6. The normalized spacial score (nSPS) is 10.8. The third kappa shape index (κ3) is 4.06. The Bertz CT molecular complexity index is 983. The van der Waals surface area contributed by atoms with E-state index in [1.165, 1.54) is 13.2 Å². The molecule has 0 unspecified atom stereocenters.